The van der Waals surface area contributed by atoms with E-state index in [0.29, 0.717) is 11.5 Å². The molecule has 0 radical (unpaired) electrons. The first-order valence-electron chi connectivity index (χ1n) is 6.70. The summed E-state index contributed by atoms with van der Waals surface area (Å²) in [6, 6.07) is 11.7. The van der Waals surface area contributed by atoms with Gasteiger partial charge in [0.05, 0.1) is 12.6 Å². The van der Waals surface area contributed by atoms with Crippen molar-refractivity contribution in [1.82, 2.24) is 19.6 Å². The second-order valence-corrected chi connectivity index (χ2v) is 4.84. The molecule has 5 nitrogen and oxygen atoms in total. The fourth-order valence-electron chi connectivity index (χ4n) is 2.36. The van der Waals surface area contributed by atoms with Gasteiger partial charge in [0, 0.05) is 10.9 Å². The molecule has 4 rings (SSSR count). The zero-order chi connectivity index (χ0) is 15.1. The molecule has 108 valence electrons. The van der Waals surface area contributed by atoms with Crippen molar-refractivity contribution in [2.24, 2.45) is 0 Å². The molecule has 0 fully saturated rings. The zero-order valence-corrected chi connectivity index (χ0v) is 11.7. The van der Waals surface area contributed by atoms with E-state index < -0.39 is 0 Å². The van der Waals surface area contributed by atoms with Crippen LogP contribution in [0.15, 0.2) is 48.8 Å². The Bertz CT molecular complexity index is 979. The van der Waals surface area contributed by atoms with Crippen molar-refractivity contribution in [3.63, 3.8) is 0 Å². The van der Waals surface area contributed by atoms with E-state index in [9.17, 15) is 4.39 Å². The maximum atomic E-state index is 13.0. The summed E-state index contributed by atoms with van der Waals surface area (Å²) in [5.74, 6) is 0.968. The van der Waals surface area contributed by atoms with Crippen molar-refractivity contribution < 1.29 is 9.13 Å². The van der Waals surface area contributed by atoms with Gasteiger partial charge in [-0.15, -0.1) is 5.10 Å². The molecule has 6 heteroatoms. The summed E-state index contributed by atoms with van der Waals surface area (Å²) < 4.78 is 19.9. The van der Waals surface area contributed by atoms with Crippen LogP contribution >= 0.6 is 0 Å². The van der Waals surface area contributed by atoms with Crippen LogP contribution in [0.1, 0.15) is 0 Å². The minimum Gasteiger partial charge on any atom is -0.497 e. The maximum absolute atomic E-state index is 13.0. The Morgan fingerprint density at radius 1 is 1.09 bits per heavy atom. The quantitative estimate of drug-likeness (QED) is 0.570. The van der Waals surface area contributed by atoms with Crippen LogP contribution in [0.25, 0.3) is 27.9 Å². The number of nitrogens with zero attached hydrogens (tertiary/aromatic N) is 4. The van der Waals surface area contributed by atoms with E-state index in [2.05, 4.69) is 15.1 Å². The Hall–Kier alpha value is -3.02. The molecule has 2 heterocycles. The van der Waals surface area contributed by atoms with Crippen molar-refractivity contribution >= 4 is 16.6 Å². The third-order valence-corrected chi connectivity index (χ3v) is 3.48. The molecule has 0 saturated carbocycles. The van der Waals surface area contributed by atoms with Crippen LogP contribution in [-0.4, -0.2) is 26.7 Å². The number of aromatic nitrogens is 4. The van der Waals surface area contributed by atoms with Crippen LogP contribution in [0.2, 0.25) is 0 Å². The highest BCUT2D eigenvalue weighted by atomic mass is 19.1. The summed E-state index contributed by atoms with van der Waals surface area (Å²) >= 11 is 0. The lowest BCUT2D eigenvalue weighted by atomic mass is 10.2. The summed E-state index contributed by atoms with van der Waals surface area (Å²) in [5, 5.41) is 5.25. The van der Waals surface area contributed by atoms with Crippen LogP contribution < -0.4 is 4.74 Å². The van der Waals surface area contributed by atoms with Gasteiger partial charge in [-0.1, -0.05) is 0 Å². The van der Waals surface area contributed by atoms with Gasteiger partial charge in [-0.3, -0.25) is 0 Å². The Balaban J connectivity index is 1.96. The number of hydrogen-bond acceptors (Lipinski definition) is 4. The van der Waals surface area contributed by atoms with E-state index in [1.165, 1.54) is 12.1 Å². The van der Waals surface area contributed by atoms with E-state index in [1.54, 1.807) is 30.1 Å². The molecule has 0 atom stereocenters. The highest BCUT2D eigenvalue weighted by Gasteiger charge is 2.10. The third kappa shape index (κ3) is 1.96. The van der Waals surface area contributed by atoms with Gasteiger partial charge in [-0.25, -0.2) is 18.9 Å². The van der Waals surface area contributed by atoms with Gasteiger partial charge in [-0.2, -0.15) is 0 Å². The van der Waals surface area contributed by atoms with Crippen LogP contribution in [0.3, 0.4) is 0 Å². The largest absolute Gasteiger partial charge is 0.497 e. The van der Waals surface area contributed by atoms with Crippen molar-refractivity contribution in [3.05, 3.63) is 54.6 Å². The number of rotatable bonds is 2. The molecule has 22 heavy (non-hydrogen) atoms. The number of methoxy groups -OCH3 is 1. The smallest absolute Gasteiger partial charge is 0.182 e. The monoisotopic (exact) mass is 294 g/mol. The second-order valence-electron chi connectivity index (χ2n) is 4.84. The van der Waals surface area contributed by atoms with Gasteiger partial charge < -0.3 is 4.74 Å². The van der Waals surface area contributed by atoms with Gasteiger partial charge in [-0.05, 0) is 42.5 Å². The molecule has 0 N–H and O–H groups in total. The molecular weight excluding hydrogens is 283 g/mol. The fraction of sp³-hybridized carbons (Fsp3) is 0.0625. The van der Waals surface area contributed by atoms with Gasteiger partial charge >= 0.3 is 0 Å². The van der Waals surface area contributed by atoms with E-state index in [1.807, 2.05) is 18.2 Å². The van der Waals surface area contributed by atoms with Crippen LogP contribution in [-0.2, 0) is 0 Å². The van der Waals surface area contributed by atoms with E-state index in [4.69, 9.17) is 4.74 Å². The lowest BCUT2D eigenvalue weighted by molar-refractivity contribution is 0.415. The molecule has 0 spiro atoms. The number of hydrogen-bond donors (Lipinski definition) is 0. The minimum absolute atomic E-state index is 0.288. The molecule has 0 aliphatic rings. The maximum Gasteiger partial charge on any atom is 0.182 e. The van der Waals surface area contributed by atoms with E-state index >= 15 is 0 Å². The average Bonchev–Trinajstić information content (AvgIpc) is 2.99. The van der Waals surface area contributed by atoms with Gasteiger partial charge in [0.1, 0.15) is 17.9 Å². The van der Waals surface area contributed by atoms with Crippen LogP contribution in [0.5, 0.6) is 5.75 Å². The molecule has 2 aromatic carbocycles. The summed E-state index contributed by atoms with van der Waals surface area (Å²) in [7, 11) is 1.61. The minimum atomic E-state index is -0.288. The Labute approximate surface area is 125 Å². The number of ether oxygens (including phenoxy) is 1. The molecule has 4 aromatic rings. The van der Waals surface area contributed by atoms with Gasteiger partial charge in [0.2, 0.25) is 0 Å². The standard InChI is InChI=1S/C16H11FN4O/c1-22-12-6-7-14-13(8-12)16-19-15(20-21(16)9-18-14)10-2-4-11(17)5-3-10/h2-9H,1H3. The van der Waals surface area contributed by atoms with Crippen LogP contribution in [0, 0.1) is 5.82 Å². The molecule has 0 aliphatic heterocycles. The number of halogens is 1. The van der Waals surface area contributed by atoms with Gasteiger partial charge in [0.25, 0.3) is 0 Å². The van der Waals surface area contributed by atoms with Crippen molar-refractivity contribution in [3.8, 4) is 17.1 Å². The molecule has 0 unspecified atom stereocenters. The van der Waals surface area contributed by atoms with Crippen LogP contribution in [0.4, 0.5) is 4.39 Å². The first-order valence-corrected chi connectivity index (χ1v) is 6.70. The fourth-order valence-corrected chi connectivity index (χ4v) is 2.36. The third-order valence-electron chi connectivity index (χ3n) is 3.48. The first-order chi connectivity index (χ1) is 10.7. The normalized spacial score (nSPS) is 11.2. The predicted molar refractivity (Wildman–Crippen MR) is 80.2 cm³/mol. The molecular formula is C16H11FN4O. The predicted octanol–water partition coefficient (Wildman–Crippen LogP) is 3.09. The highest BCUT2D eigenvalue weighted by molar-refractivity contribution is 5.92. The summed E-state index contributed by atoms with van der Waals surface area (Å²) in [5.41, 5.74) is 2.25. The SMILES string of the molecule is COc1ccc2ncn3nc(-c4ccc(F)cc4)nc3c2c1. The van der Waals surface area contributed by atoms with E-state index in [0.717, 1.165) is 22.2 Å². The number of benzene rings is 2. The van der Waals surface area contributed by atoms with Crippen molar-refractivity contribution in [1.29, 1.82) is 0 Å². The van der Waals surface area contributed by atoms with E-state index in [-0.39, 0.29) is 5.82 Å². The Morgan fingerprint density at radius 3 is 2.68 bits per heavy atom. The molecule has 0 saturated heterocycles. The molecule has 0 amide bonds. The van der Waals surface area contributed by atoms with Crippen molar-refractivity contribution in [2.75, 3.05) is 7.11 Å². The molecule has 2 aromatic heterocycles. The zero-order valence-electron chi connectivity index (χ0n) is 11.7. The lowest BCUT2D eigenvalue weighted by Gasteiger charge is -2.02. The summed E-state index contributed by atoms with van der Waals surface area (Å²) in [6.07, 6.45) is 1.62. The highest BCUT2D eigenvalue weighted by Crippen LogP contribution is 2.24. The number of fused-ring (bicyclic) bond motifs is 3. The van der Waals surface area contributed by atoms with Gasteiger partial charge in [0.15, 0.2) is 11.5 Å². The first kappa shape index (κ1) is 12.7. The molecule has 0 aliphatic carbocycles. The lowest BCUT2D eigenvalue weighted by Crippen LogP contribution is -1.92. The average molecular weight is 294 g/mol. The van der Waals surface area contributed by atoms with Crippen molar-refractivity contribution in [2.45, 2.75) is 0 Å². The summed E-state index contributed by atoms with van der Waals surface area (Å²) in [4.78, 5) is 8.90. The Morgan fingerprint density at radius 2 is 1.91 bits per heavy atom. The molecule has 0 bridgehead atoms. The topological polar surface area (TPSA) is 52.3 Å². The second kappa shape index (κ2) is 4.77. The Kier molecular flexibility index (Phi) is 2.75. The summed E-state index contributed by atoms with van der Waals surface area (Å²) in [6.45, 7) is 0.